The van der Waals surface area contributed by atoms with E-state index < -0.39 is 0 Å². The van der Waals surface area contributed by atoms with E-state index in [0.717, 1.165) is 5.56 Å². The zero-order valence-corrected chi connectivity index (χ0v) is 9.71. The summed E-state index contributed by atoms with van der Waals surface area (Å²) in [6.45, 7) is 0. The molecule has 1 heterocycles. The predicted octanol–water partition coefficient (Wildman–Crippen LogP) is 2.32. The summed E-state index contributed by atoms with van der Waals surface area (Å²) < 4.78 is 0. The molecular formula is C14H13N3O. The number of carbonyl (C=O) groups excluding carboxylic acids is 1. The van der Waals surface area contributed by atoms with Gasteiger partial charge in [0, 0.05) is 29.8 Å². The van der Waals surface area contributed by atoms with Gasteiger partial charge in [-0.3, -0.25) is 9.78 Å². The van der Waals surface area contributed by atoms with E-state index in [1.165, 1.54) is 6.08 Å². The number of nitrogen functional groups attached to an aromatic ring is 1. The van der Waals surface area contributed by atoms with E-state index in [1.807, 2.05) is 12.1 Å². The van der Waals surface area contributed by atoms with E-state index in [9.17, 15) is 4.79 Å². The van der Waals surface area contributed by atoms with Crippen molar-refractivity contribution >= 4 is 23.4 Å². The lowest BCUT2D eigenvalue weighted by atomic mass is 10.2. The third-order valence-corrected chi connectivity index (χ3v) is 2.29. The van der Waals surface area contributed by atoms with E-state index in [0.29, 0.717) is 11.4 Å². The number of anilines is 2. The monoisotopic (exact) mass is 239 g/mol. The van der Waals surface area contributed by atoms with E-state index >= 15 is 0 Å². The minimum absolute atomic E-state index is 0.191. The summed E-state index contributed by atoms with van der Waals surface area (Å²) in [5, 5.41) is 2.73. The Morgan fingerprint density at radius 3 is 2.72 bits per heavy atom. The van der Waals surface area contributed by atoms with Crippen LogP contribution in [-0.2, 0) is 4.79 Å². The Morgan fingerprint density at radius 1 is 1.22 bits per heavy atom. The molecule has 4 nitrogen and oxygen atoms in total. The minimum atomic E-state index is -0.191. The van der Waals surface area contributed by atoms with Crippen LogP contribution in [0.1, 0.15) is 5.56 Å². The molecule has 0 saturated carbocycles. The summed E-state index contributed by atoms with van der Waals surface area (Å²) in [5.74, 6) is -0.191. The second-order valence-corrected chi connectivity index (χ2v) is 3.73. The van der Waals surface area contributed by atoms with Crippen LogP contribution in [0.2, 0.25) is 0 Å². The molecule has 0 aliphatic heterocycles. The molecule has 2 rings (SSSR count). The zero-order chi connectivity index (χ0) is 12.8. The maximum absolute atomic E-state index is 11.6. The van der Waals surface area contributed by atoms with Gasteiger partial charge in [-0.25, -0.2) is 0 Å². The first kappa shape index (κ1) is 11.9. The third-order valence-electron chi connectivity index (χ3n) is 2.29. The molecule has 1 amide bonds. The van der Waals surface area contributed by atoms with Crippen molar-refractivity contribution in [2.75, 3.05) is 11.1 Å². The number of pyridine rings is 1. The molecule has 0 aliphatic rings. The Hall–Kier alpha value is -2.62. The Kier molecular flexibility index (Phi) is 3.71. The Bertz CT molecular complexity index is 564. The Labute approximate surface area is 105 Å². The van der Waals surface area contributed by atoms with Gasteiger partial charge >= 0.3 is 0 Å². The lowest BCUT2D eigenvalue weighted by Gasteiger charge is -2.00. The van der Waals surface area contributed by atoms with Gasteiger partial charge < -0.3 is 11.1 Å². The molecule has 1 aromatic carbocycles. The molecule has 0 spiro atoms. The predicted molar refractivity (Wildman–Crippen MR) is 72.8 cm³/mol. The van der Waals surface area contributed by atoms with Crippen molar-refractivity contribution < 1.29 is 4.79 Å². The van der Waals surface area contributed by atoms with E-state index in [1.54, 1.807) is 42.7 Å². The molecule has 1 aromatic heterocycles. The number of hydrogen-bond donors (Lipinski definition) is 2. The molecule has 18 heavy (non-hydrogen) atoms. The fraction of sp³-hybridized carbons (Fsp3) is 0. The smallest absolute Gasteiger partial charge is 0.248 e. The van der Waals surface area contributed by atoms with Crippen molar-refractivity contribution in [2.24, 2.45) is 0 Å². The highest BCUT2D eigenvalue weighted by atomic mass is 16.1. The molecule has 0 saturated heterocycles. The average molecular weight is 239 g/mol. The lowest BCUT2D eigenvalue weighted by Crippen LogP contribution is -2.07. The van der Waals surface area contributed by atoms with Gasteiger partial charge in [0.15, 0.2) is 0 Å². The molecule has 0 aliphatic carbocycles. The van der Waals surface area contributed by atoms with Gasteiger partial charge in [0.05, 0.1) is 0 Å². The number of hydrogen-bond acceptors (Lipinski definition) is 3. The molecule has 0 bridgehead atoms. The van der Waals surface area contributed by atoms with E-state index in [-0.39, 0.29) is 5.91 Å². The maximum atomic E-state index is 11.6. The first-order chi connectivity index (χ1) is 8.74. The van der Waals surface area contributed by atoms with Crippen molar-refractivity contribution in [3.05, 3.63) is 60.4 Å². The molecule has 90 valence electrons. The molecular weight excluding hydrogens is 226 g/mol. The van der Waals surface area contributed by atoms with Crippen LogP contribution >= 0.6 is 0 Å². The maximum Gasteiger partial charge on any atom is 0.248 e. The SMILES string of the molecule is Nc1cccc(/C=C/C(=O)Nc2ccncc2)c1. The summed E-state index contributed by atoms with van der Waals surface area (Å²) in [6, 6.07) is 10.8. The fourth-order valence-electron chi connectivity index (χ4n) is 1.45. The lowest BCUT2D eigenvalue weighted by molar-refractivity contribution is -0.111. The van der Waals surface area contributed by atoms with Crippen LogP contribution in [0.25, 0.3) is 6.08 Å². The van der Waals surface area contributed by atoms with E-state index in [4.69, 9.17) is 5.73 Å². The highest BCUT2D eigenvalue weighted by molar-refractivity contribution is 6.01. The van der Waals surface area contributed by atoms with Crippen LogP contribution in [0.3, 0.4) is 0 Å². The van der Waals surface area contributed by atoms with Crippen LogP contribution in [0.4, 0.5) is 11.4 Å². The third kappa shape index (κ3) is 3.45. The summed E-state index contributed by atoms with van der Waals surface area (Å²) in [4.78, 5) is 15.5. The molecule has 4 heteroatoms. The largest absolute Gasteiger partial charge is 0.399 e. The summed E-state index contributed by atoms with van der Waals surface area (Å²) in [6.07, 6.45) is 6.43. The number of nitrogens with zero attached hydrogens (tertiary/aromatic N) is 1. The minimum Gasteiger partial charge on any atom is -0.399 e. The van der Waals surface area contributed by atoms with Gasteiger partial charge in [-0.05, 0) is 35.9 Å². The number of aromatic nitrogens is 1. The quantitative estimate of drug-likeness (QED) is 0.638. The molecule has 0 fully saturated rings. The first-order valence-corrected chi connectivity index (χ1v) is 5.49. The van der Waals surface area contributed by atoms with Crippen molar-refractivity contribution in [1.82, 2.24) is 4.98 Å². The number of amides is 1. The van der Waals surface area contributed by atoms with Gasteiger partial charge in [0.25, 0.3) is 0 Å². The number of nitrogens with one attached hydrogen (secondary N) is 1. The van der Waals surface area contributed by atoms with Crippen molar-refractivity contribution in [1.29, 1.82) is 0 Å². The van der Waals surface area contributed by atoms with Crippen LogP contribution in [0.15, 0.2) is 54.9 Å². The van der Waals surface area contributed by atoms with Crippen LogP contribution < -0.4 is 11.1 Å². The number of carbonyl (C=O) groups is 1. The first-order valence-electron chi connectivity index (χ1n) is 5.49. The van der Waals surface area contributed by atoms with Gasteiger partial charge in [-0.15, -0.1) is 0 Å². The molecule has 0 atom stereocenters. The fourth-order valence-corrected chi connectivity index (χ4v) is 1.45. The summed E-state index contributed by atoms with van der Waals surface area (Å²) >= 11 is 0. The molecule has 2 aromatic rings. The molecule has 0 unspecified atom stereocenters. The van der Waals surface area contributed by atoms with Crippen molar-refractivity contribution in [3.63, 3.8) is 0 Å². The topological polar surface area (TPSA) is 68.0 Å². The zero-order valence-electron chi connectivity index (χ0n) is 9.71. The highest BCUT2D eigenvalue weighted by Gasteiger charge is 1.96. The second kappa shape index (κ2) is 5.63. The summed E-state index contributed by atoms with van der Waals surface area (Å²) in [5.41, 5.74) is 7.92. The van der Waals surface area contributed by atoms with Gasteiger partial charge in [-0.1, -0.05) is 12.1 Å². The number of rotatable bonds is 3. The normalized spacial score (nSPS) is 10.4. The average Bonchev–Trinajstić information content (AvgIpc) is 2.38. The highest BCUT2D eigenvalue weighted by Crippen LogP contribution is 2.08. The van der Waals surface area contributed by atoms with Gasteiger partial charge in [-0.2, -0.15) is 0 Å². The Balaban J connectivity index is 1.99. The number of benzene rings is 1. The van der Waals surface area contributed by atoms with Crippen LogP contribution in [-0.4, -0.2) is 10.9 Å². The molecule has 3 N–H and O–H groups in total. The standard InChI is InChI=1S/C14H13N3O/c15-12-3-1-2-11(10-12)4-5-14(18)17-13-6-8-16-9-7-13/h1-10H,15H2,(H,16,17,18)/b5-4+. The Morgan fingerprint density at radius 2 is 2.00 bits per heavy atom. The second-order valence-electron chi connectivity index (χ2n) is 3.73. The van der Waals surface area contributed by atoms with Gasteiger partial charge in [0.2, 0.25) is 5.91 Å². The molecule has 0 radical (unpaired) electrons. The van der Waals surface area contributed by atoms with Crippen LogP contribution in [0, 0.1) is 0 Å². The number of nitrogens with two attached hydrogens (primary N) is 1. The van der Waals surface area contributed by atoms with Gasteiger partial charge in [0.1, 0.15) is 0 Å². The van der Waals surface area contributed by atoms with Crippen molar-refractivity contribution in [3.8, 4) is 0 Å². The van der Waals surface area contributed by atoms with Crippen LogP contribution in [0.5, 0.6) is 0 Å². The van der Waals surface area contributed by atoms with E-state index in [2.05, 4.69) is 10.3 Å². The summed E-state index contributed by atoms with van der Waals surface area (Å²) in [7, 11) is 0. The van der Waals surface area contributed by atoms with Crippen molar-refractivity contribution in [2.45, 2.75) is 0 Å².